The van der Waals surface area contributed by atoms with E-state index in [0.717, 1.165) is 24.8 Å². The number of aromatic nitrogens is 2. The van der Waals surface area contributed by atoms with Gasteiger partial charge in [0.2, 0.25) is 0 Å². The van der Waals surface area contributed by atoms with Gasteiger partial charge >= 0.3 is 5.69 Å². The standard InChI is InChI=1S/C12H14ClN3O/c13-9-5-10-15(11(17)14-9)7-12-3-1-8(2-4-12)6-16(10)12/h5,8H,1-4,6-7H2. The molecule has 0 unspecified atom stereocenters. The van der Waals surface area contributed by atoms with E-state index in [0.29, 0.717) is 5.15 Å². The molecule has 17 heavy (non-hydrogen) atoms. The van der Waals surface area contributed by atoms with Crippen LogP contribution in [0.1, 0.15) is 25.7 Å². The van der Waals surface area contributed by atoms with E-state index in [4.69, 9.17) is 11.6 Å². The number of fused-ring (bicyclic) bond motifs is 3. The molecule has 0 atom stereocenters. The van der Waals surface area contributed by atoms with E-state index in [1.54, 1.807) is 4.57 Å². The van der Waals surface area contributed by atoms with Crippen molar-refractivity contribution in [3.63, 3.8) is 0 Å². The van der Waals surface area contributed by atoms with Crippen LogP contribution in [0.4, 0.5) is 5.82 Å². The summed E-state index contributed by atoms with van der Waals surface area (Å²) in [5.74, 6) is 1.78. The van der Waals surface area contributed by atoms with Gasteiger partial charge in [-0.2, -0.15) is 4.98 Å². The molecule has 2 saturated heterocycles. The van der Waals surface area contributed by atoms with Crippen LogP contribution in [0.25, 0.3) is 0 Å². The molecule has 0 radical (unpaired) electrons. The zero-order valence-electron chi connectivity index (χ0n) is 9.53. The fourth-order valence-electron chi connectivity index (χ4n) is 3.83. The van der Waals surface area contributed by atoms with Gasteiger partial charge in [-0.05, 0) is 31.6 Å². The van der Waals surface area contributed by atoms with Crippen molar-refractivity contribution in [3.05, 3.63) is 21.7 Å². The first kappa shape index (κ1) is 9.95. The summed E-state index contributed by atoms with van der Waals surface area (Å²) in [5, 5.41) is 0.319. The van der Waals surface area contributed by atoms with Crippen molar-refractivity contribution in [2.45, 2.75) is 37.8 Å². The molecule has 3 fully saturated rings. The third kappa shape index (κ3) is 1.19. The van der Waals surface area contributed by atoms with Crippen molar-refractivity contribution in [1.29, 1.82) is 0 Å². The number of rotatable bonds is 0. The first-order chi connectivity index (χ1) is 8.18. The molecule has 1 aliphatic carbocycles. The lowest BCUT2D eigenvalue weighted by molar-refractivity contribution is 0.161. The van der Waals surface area contributed by atoms with Crippen LogP contribution in [0, 0.1) is 5.92 Å². The van der Waals surface area contributed by atoms with Crippen molar-refractivity contribution < 1.29 is 0 Å². The lowest BCUT2D eigenvalue weighted by atomic mass is 9.71. The van der Waals surface area contributed by atoms with Gasteiger partial charge in [0.25, 0.3) is 0 Å². The first-order valence-corrected chi connectivity index (χ1v) is 6.61. The van der Waals surface area contributed by atoms with Crippen molar-refractivity contribution in [2.75, 3.05) is 11.4 Å². The highest BCUT2D eigenvalue weighted by atomic mass is 35.5. The highest BCUT2D eigenvalue weighted by Gasteiger charge is 2.51. The monoisotopic (exact) mass is 251 g/mol. The van der Waals surface area contributed by atoms with Crippen molar-refractivity contribution in [3.8, 4) is 0 Å². The molecular formula is C12H14ClN3O. The highest BCUT2D eigenvalue weighted by Crippen LogP contribution is 2.49. The maximum Gasteiger partial charge on any atom is 0.350 e. The average Bonchev–Trinajstić information content (AvgIpc) is 2.65. The van der Waals surface area contributed by atoms with Gasteiger partial charge in [0, 0.05) is 12.6 Å². The van der Waals surface area contributed by atoms with Gasteiger partial charge in [-0.25, -0.2) is 4.79 Å². The second-order valence-electron chi connectivity index (χ2n) is 5.58. The fraction of sp³-hybridized carbons (Fsp3) is 0.667. The van der Waals surface area contributed by atoms with Crippen molar-refractivity contribution in [2.24, 2.45) is 5.92 Å². The zero-order chi connectivity index (χ0) is 11.6. The zero-order valence-corrected chi connectivity index (χ0v) is 10.3. The SMILES string of the molecule is O=c1nc(Cl)cc2n1CC13CCC(CC1)CN23. The lowest BCUT2D eigenvalue weighted by Crippen LogP contribution is -2.57. The number of hydrogen-bond acceptors (Lipinski definition) is 3. The van der Waals surface area contributed by atoms with E-state index < -0.39 is 0 Å². The Kier molecular flexibility index (Phi) is 1.78. The predicted molar refractivity (Wildman–Crippen MR) is 65.5 cm³/mol. The smallest absolute Gasteiger partial charge is 0.350 e. The Labute approximate surface area is 104 Å². The number of anilines is 1. The normalized spacial score (nSPS) is 33.7. The van der Waals surface area contributed by atoms with Crippen LogP contribution in [0.5, 0.6) is 0 Å². The Morgan fingerprint density at radius 1 is 1.41 bits per heavy atom. The predicted octanol–water partition coefficient (Wildman–Crippen LogP) is 1.66. The minimum atomic E-state index is -0.195. The average molecular weight is 252 g/mol. The summed E-state index contributed by atoms with van der Waals surface area (Å²) in [4.78, 5) is 18.1. The molecule has 0 amide bonds. The Bertz CT molecular complexity index is 545. The fourth-order valence-corrected chi connectivity index (χ4v) is 4.00. The number of halogens is 1. The summed E-state index contributed by atoms with van der Waals surface area (Å²) in [5.41, 5.74) is -0.00693. The minimum absolute atomic E-state index is 0.188. The second-order valence-corrected chi connectivity index (χ2v) is 5.97. The van der Waals surface area contributed by atoms with Crippen LogP contribution in [0.3, 0.4) is 0 Å². The number of piperidine rings is 2. The molecule has 1 aromatic heterocycles. The Balaban J connectivity index is 1.91. The molecule has 4 heterocycles. The second kappa shape index (κ2) is 3.05. The van der Waals surface area contributed by atoms with Crippen LogP contribution >= 0.6 is 11.6 Å². The van der Waals surface area contributed by atoms with Crippen LogP contribution in [-0.2, 0) is 6.54 Å². The van der Waals surface area contributed by atoms with Gasteiger partial charge in [-0.1, -0.05) is 11.6 Å². The van der Waals surface area contributed by atoms with Crippen LogP contribution in [-0.4, -0.2) is 21.6 Å². The Morgan fingerprint density at radius 2 is 2.18 bits per heavy atom. The van der Waals surface area contributed by atoms with Crippen molar-refractivity contribution >= 4 is 17.4 Å². The maximum atomic E-state index is 11.9. The molecule has 3 aliphatic heterocycles. The van der Waals surface area contributed by atoms with Crippen molar-refractivity contribution in [1.82, 2.24) is 9.55 Å². The molecule has 0 aromatic carbocycles. The maximum absolute atomic E-state index is 11.9. The summed E-state index contributed by atoms with van der Waals surface area (Å²) in [6.45, 7) is 1.89. The van der Waals surface area contributed by atoms with Gasteiger partial charge < -0.3 is 4.90 Å². The lowest BCUT2D eigenvalue weighted by Gasteiger charge is -2.51. The van der Waals surface area contributed by atoms with Crippen LogP contribution in [0.15, 0.2) is 10.9 Å². The van der Waals surface area contributed by atoms with E-state index in [1.165, 1.54) is 25.7 Å². The molecule has 0 N–H and O–H groups in total. The Morgan fingerprint density at radius 3 is 2.94 bits per heavy atom. The third-order valence-corrected chi connectivity index (χ3v) is 4.93. The largest absolute Gasteiger partial charge is 0.350 e. The molecule has 5 rings (SSSR count). The Hall–Kier alpha value is -1.03. The molecule has 5 heteroatoms. The first-order valence-electron chi connectivity index (χ1n) is 6.23. The number of hydrogen-bond donors (Lipinski definition) is 0. The minimum Gasteiger partial charge on any atom is -0.350 e. The van der Waals surface area contributed by atoms with Crippen LogP contribution in [0.2, 0.25) is 5.15 Å². The molecule has 1 aromatic rings. The molecule has 1 spiro atoms. The summed E-state index contributed by atoms with van der Waals surface area (Å²) >= 11 is 5.91. The highest BCUT2D eigenvalue weighted by molar-refractivity contribution is 6.29. The third-order valence-electron chi connectivity index (χ3n) is 4.74. The van der Waals surface area contributed by atoms with E-state index >= 15 is 0 Å². The molecule has 4 aliphatic rings. The molecule has 2 bridgehead atoms. The molecule has 4 nitrogen and oxygen atoms in total. The quantitative estimate of drug-likeness (QED) is 0.659. The van der Waals surface area contributed by atoms with E-state index in [-0.39, 0.29) is 11.2 Å². The molecule has 90 valence electrons. The van der Waals surface area contributed by atoms with Gasteiger partial charge in [0.1, 0.15) is 11.0 Å². The van der Waals surface area contributed by atoms with Gasteiger partial charge in [-0.15, -0.1) is 0 Å². The van der Waals surface area contributed by atoms with E-state index in [9.17, 15) is 4.79 Å². The summed E-state index contributed by atoms with van der Waals surface area (Å²) in [7, 11) is 0. The van der Waals surface area contributed by atoms with Gasteiger partial charge in [0.05, 0.1) is 12.1 Å². The van der Waals surface area contributed by atoms with E-state index in [1.807, 2.05) is 6.07 Å². The molecular weight excluding hydrogens is 238 g/mol. The number of nitrogens with zero attached hydrogens (tertiary/aromatic N) is 3. The summed E-state index contributed by atoms with van der Waals surface area (Å²) in [6.07, 6.45) is 5.02. The van der Waals surface area contributed by atoms with E-state index in [2.05, 4.69) is 9.88 Å². The summed E-state index contributed by atoms with van der Waals surface area (Å²) < 4.78 is 1.81. The van der Waals surface area contributed by atoms with Crippen LogP contribution < -0.4 is 10.6 Å². The topological polar surface area (TPSA) is 38.1 Å². The molecule has 1 saturated carbocycles. The van der Waals surface area contributed by atoms with Gasteiger partial charge in [-0.3, -0.25) is 4.57 Å². The van der Waals surface area contributed by atoms with Gasteiger partial charge in [0.15, 0.2) is 0 Å². The summed E-state index contributed by atoms with van der Waals surface area (Å²) in [6, 6.07) is 1.85.